The Kier molecular flexibility index (Phi) is 5.73. The SMILES string of the molecule is COc1cc(C2C(C(C)=O)=C(C)Nc3nnnn32)cc(Br)c1OCc1ccccc1F. The van der Waals surface area contributed by atoms with Crippen LogP contribution < -0.4 is 14.8 Å². The van der Waals surface area contributed by atoms with Gasteiger partial charge in [0.2, 0.25) is 5.95 Å². The molecule has 1 N–H and O–H groups in total. The number of rotatable bonds is 6. The monoisotopic (exact) mass is 487 g/mol. The van der Waals surface area contributed by atoms with Crippen molar-refractivity contribution in [1.29, 1.82) is 0 Å². The van der Waals surface area contributed by atoms with E-state index in [1.165, 1.54) is 20.1 Å². The van der Waals surface area contributed by atoms with Gasteiger partial charge in [0.1, 0.15) is 18.5 Å². The summed E-state index contributed by atoms with van der Waals surface area (Å²) >= 11 is 3.52. The van der Waals surface area contributed by atoms with Gasteiger partial charge in [-0.1, -0.05) is 23.3 Å². The van der Waals surface area contributed by atoms with E-state index in [4.69, 9.17) is 9.47 Å². The maximum absolute atomic E-state index is 14.0. The first-order valence-corrected chi connectivity index (χ1v) is 10.2. The van der Waals surface area contributed by atoms with E-state index in [-0.39, 0.29) is 18.2 Å². The molecule has 1 atom stereocenters. The Labute approximate surface area is 186 Å². The number of ether oxygens (including phenoxy) is 2. The molecule has 0 amide bonds. The van der Waals surface area contributed by atoms with Gasteiger partial charge in [0.05, 0.1) is 11.6 Å². The van der Waals surface area contributed by atoms with Crippen molar-refractivity contribution in [2.75, 3.05) is 12.4 Å². The molecule has 3 aromatic rings. The van der Waals surface area contributed by atoms with Crippen molar-refractivity contribution < 1.29 is 18.7 Å². The molecular formula is C21H19BrFN5O3. The quantitative estimate of drug-likeness (QED) is 0.560. The first-order valence-electron chi connectivity index (χ1n) is 9.41. The van der Waals surface area contributed by atoms with Gasteiger partial charge in [-0.15, -0.1) is 0 Å². The highest BCUT2D eigenvalue weighted by molar-refractivity contribution is 9.10. The van der Waals surface area contributed by atoms with Crippen molar-refractivity contribution in [2.45, 2.75) is 26.5 Å². The van der Waals surface area contributed by atoms with Crippen LogP contribution in [0.5, 0.6) is 11.5 Å². The minimum Gasteiger partial charge on any atom is -0.493 e. The summed E-state index contributed by atoms with van der Waals surface area (Å²) in [6.07, 6.45) is 0. The summed E-state index contributed by atoms with van der Waals surface area (Å²) in [5, 5.41) is 14.8. The number of Topliss-reactive ketones (excluding diaryl/α,β-unsaturated/α-hetero) is 1. The molecule has 0 radical (unpaired) electrons. The largest absolute Gasteiger partial charge is 0.493 e. The van der Waals surface area contributed by atoms with Gasteiger partial charge in [-0.3, -0.25) is 4.79 Å². The molecule has 1 aliphatic heterocycles. The van der Waals surface area contributed by atoms with Crippen LogP contribution in [0.1, 0.15) is 31.0 Å². The molecule has 10 heteroatoms. The van der Waals surface area contributed by atoms with Gasteiger partial charge >= 0.3 is 0 Å². The number of benzene rings is 2. The van der Waals surface area contributed by atoms with E-state index in [1.54, 1.807) is 35.9 Å². The number of carbonyl (C=O) groups excluding carboxylic acids is 1. The lowest BCUT2D eigenvalue weighted by atomic mass is 9.93. The lowest BCUT2D eigenvalue weighted by molar-refractivity contribution is -0.114. The number of hydrogen-bond donors (Lipinski definition) is 1. The molecule has 0 saturated heterocycles. The van der Waals surface area contributed by atoms with E-state index in [2.05, 4.69) is 36.8 Å². The summed E-state index contributed by atoms with van der Waals surface area (Å²) < 4.78 is 27.5. The summed E-state index contributed by atoms with van der Waals surface area (Å²) in [6.45, 7) is 3.34. The van der Waals surface area contributed by atoms with E-state index < -0.39 is 6.04 Å². The fourth-order valence-electron chi connectivity index (χ4n) is 3.58. The number of nitrogens with zero attached hydrogens (tertiary/aromatic N) is 4. The number of halogens is 2. The minimum atomic E-state index is -0.547. The Morgan fingerprint density at radius 1 is 1.32 bits per heavy atom. The third-order valence-electron chi connectivity index (χ3n) is 4.99. The Hall–Kier alpha value is -3.27. The Balaban J connectivity index is 1.74. The molecule has 31 heavy (non-hydrogen) atoms. The number of hydrogen-bond acceptors (Lipinski definition) is 7. The maximum atomic E-state index is 14.0. The van der Waals surface area contributed by atoms with Crippen LogP contribution in [0.2, 0.25) is 0 Å². The summed E-state index contributed by atoms with van der Waals surface area (Å²) in [5.41, 5.74) is 2.36. The molecule has 0 aliphatic carbocycles. The number of nitrogens with one attached hydrogen (secondary N) is 1. The second-order valence-electron chi connectivity index (χ2n) is 6.98. The highest BCUT2D eigenvalue weighted by Crippen LogP contribution is 2.42. The number of fused-ring (bicyclic) bond motifs is 1. The summed E-state index contributed by atoms with van der Waals surface area (Å²) in [4.78, 5) is 12.4. The van der Waals surface area contributed by atoms with Gasteiger partial charge < -0.3 is 14.8 Å². The van der Waals surface area contributed by atoms with E-state index >= 15 is 0 Å². The maximum Gasteiger partial charge on any atom is 0.248 e. The first-order chi connectivity index (χ1) is 14.9. The molecule has 160 valence electrons. The second kappa shape index (κ2) is 8.46. The van der Waals surface area contributed by atoms with Gasteiger partial charge in [-0.25, -0.2) is 4.39 Å². The van der Waals surface area contributed by atoms with Gasteiger partial charge in [0, 0.05) is 16.8 Å². The van der Waals surface area contributed by atoms with Crippen LogP contribution in [0.3, 0.4) is 0 Å². The number of carbonyl (C=O) groups is 1. The third kappa shape index (κ3) is 3.90. The highest BCUT2D eigenvalue weighted by atomic mass is 79.9. The molecule has 1 aliphatic rings. The molecule has 2 heterocycles. The van der Waals surface area contributed by atoms with Crippen LogP contribution in [0.25, 0.3) is 0 Å². The smallest absolute Gasteiger partial charge is 0.248 e. The highest BCUT2D eigenvalue weighted by Gasteiger charge is 2.33. The zero-order valence-electron chi connectivity index (χ0n) is 17.0. The van der Waals surface area contributed by atoms with Crippen molar-refractivity contribution in [3.8, 4) is 11.5 Å². The number of anilines is 1. The van der Waals surface area contributed by atoms with Crippen molar-refractivity contribution in [2.24, 2.45) is 0 Å². The van der Waals surface area contributed by atoms with E-state index in [1.807, 2.05) is 6.07 Å². The molecule has 1 aromatic heterocycles. The van der Waals surface area contributed by atoms with Crippen molar-refractivity contribution in [3.63, 3.8) is 0 Å². The topological polar surface area (TPSA) is 91.2 Å². The normalized spacial score (nSPS) is 15.3. The molecule has 1 unspecified atom stereocenters. The van der Waals surface area contributed by atoms with Crippen molar-refractivity contribution in [1.82, 2.24) is 20.2 Å². The van der Waals surface area contributed by atoms with Crippen LogP contribution in [0.4, 0.5) is 10.3 Å². The average Bonchev–Trinajstić information content (AvgIpc) is 3.20. The van der Waals surface area contributed by atoms with Crippen LogP contribution in [0.15, 0.2) is 52.1 Å². The fourth-order valence-corrected chi connectivity index (χ4v) is 4.15. The Morgan fingerprint density at radius 3 is 2.81 bits per heavy atom. The van der Waals surface area contributed by atoms with Crippen molar-refractivity contribution >= 4 is 27.7 Å². The van der Waals surface area contributed by atoms with Gasteiger partial charge in [-0.2, -0.15) is 4.68 Å². The van der Waals surface area contributed by atoms with Gasteiger partial charge in [0.25, 0.3) is 0 Å². The summed E-state index contributed by atoms with van der Waals surface area (Å²) in [5.74, 6) is 0.829. The molecular weight excluding hydrogens is 469 g/mol. The van der Waals surface area contributed by atoms with Crippen LogP contribution in [0, 0.1) is 5.82 Å². The molecule has 4 rings (SSSR count). The predicted molar refractivity (Wildman–Crippen MR) is 114 cm³/mol. The molecule has 0 bridgehead atoms. The first kappa shape index (κ1) is 21.0. The van der Waals surface area contributed by atoms with Gasteiger partial charge in [-0.05, 0) is 64.0 Å². The third-order valence-corrected chi connectivity index (χ3v) is 5.58. The molecule has 0 fully saturated rings. The number of ketones is 1. The lowest BCUT2D eigenvalue weighted by Gasteiger charge is -2.28. The van der Waals surface area contributed by atoms with Crippen molar-refractivity contribution in [3.05, 3.63) is 69.1 Å². The zero-order valence-corrected chi connectivity index (χ0v) is 18.6. The number of allylic oxidation sites excluding steroid dienone is 2. The Bertz CT molecular complexity index is 1190. The molecule has 0 spiro atoms. The lowest BCUT2D eigenvalue weighted by Crippen LogP contribution is -2.28. The van der Waals surface area contributed by atoms with Crippen LogP contribution in [-0.4, -0.2) is 33.1 Å². The number of aromatic nitrogens is 4. The number of tetrazole rings is 1. The van der Waals surface area contributed by atoms with E-state index in [0.717, 1.165) is 5.56 Å². The molecule has 8 nitrogen and oxygen atoms in total. The molecule has 0 saturated carbocycles. The van der Waals surface area contributed by atoms with E-state index in [9.17, 15) is 9.18 Å². The van der Waals surface area contributed by atoms with Crippen LogP contribution in [-0.2, 0) is 11.4 Å². The number of methoxy groups -OCH3 is 1. The second-order valence-corrected chi connectivity index (χ2v) is 7.84. The van der Waals surface area contributed by atoms with Gasteiger partial charge in [0.15, 0.2) is 17.3 Å². The predicted octanol–water partition coefficient (Wildman–Crippen LogP) is 4.04. The standard InChI is InChI=1S/C21H19BrFN5O3/c1-11-18(12(2)29)19(28-21(24-11)25-26-27-28)14-8-15(22)20(17(9-14)30-3)31-10-13-6-4-5-7-16(13)23/h4-9,19H,10H2,1-3H3,(H,24,25,27). The van der Waals surface area contributed by atoms with Crippen LogP contribution >= 0.6 is 15.9 Å². The average molecular weight is 488 g/mol. The minimum absolute atomic E-state index is 0.0309. The van der Waals surface area contributed by atoms with E-state index in [0.29, 0.717) is 38.8 Å². The Morgan fingerprint density at radius 2 is 2.10 bits per heavy atom. The molecule has 2 aromatic carbocycles. The summed E-state index contributed by atoms with van der Waals surface area (Å²) in [6, 6.07) is 9.44. The summed E-state index contributed by atoms with van der Waals surface area (Å²) in [7, 11) is 1.51. The fraction of sp³-hybridized carbons (Fsp3) is 0.238. The zero-order chi connectivity index (χ0) is 22.1.